The molecular weight excluding hydrogens is 504 g/mol. The maximum atomic E-state index is 14.0. The van der Waals surface area contributed by atoms with E-state index >= 15 is 0 Å². The van der Waals surface area contributed by atoms with Crippen molar-refractivity contribution in [3.8, 4) is 0 Å². The monoisotopic (exact) mass is 533 g/mol. The molecule has 0 spiro atoms. The Kier molecular flexibility index (Phi) is 8.32. The van der Waals surface area contributed by atoms with E-state index in [0.29, 0.717) is 16.5 Å². The first-order valence-electron chi connectivity index (χ1n) is 12.4. The van der Waals surface area contributed by atoms with Crippen molar-refractivity contribution in [2.45, 2.75) is 31.0 Å². The number of hydrogen-bond acceptors (Lipinski definition) is 5. The minimum absolute atomic E-state index is 0.189. The van der Waals surface area contributed by atoms with Gasteiger partial charge in [0, 0.05) is 25.6 Å². The maximum Gasteiger partial charge on any atom is 0.263 e. The van der Waals surface area contributed by atoms with Crippen molar-refractivity contribution in [1.82, 2.24) is 9.80 Å². The van der Waals surface area contributed by atoms with Gasteiger partial charge in [0.2, 0.25) is 11.8 Å². The van der Waals surface area contributed by atoms with Gasteiger partial charge >= 0.3 is 0 Å². The summed E-state index contributed by atoms with van der Waals surface area (Å²) in [6, 6.07) is 17.8. The highest BCUT2D eigenvalue weighted by atomic mass is 19.1. The molecule has 0 aliphatic carbocycles. The van der Waals surface area contributed by atoms with Crippen LogP contribution in [-0.4, -0.2) is 58.3 Å². The Morgan fingerprint density at radius 2 is 1.54 bits per heavy atom. The Morgan fingerprint density at radius 3 is 2.10 bits per heavy atom. The number of rotatable bonds is 6. The van der Waals surface area contributed by atoms with Crippen molar-refractivity contribution in [3.05, 3.63) is 113 Å². The zero-order valence-electron chi connectivity index (χ0n) is 21.5. The first-order chi connectivity index (χ1) is 18.6. The number of nitrogens with zero attached hydrogens (tertiary/aromatic N) is 2. The van der Waals surface area contributed by atoms with Crippen molar-refractivity contribution < 1.29 is 28.3 Å². The molecule has 7 nitrogen and oxygen atoms in total. The molecule has 202 valence electrons. The second-order valence-electron chi connectivity index (χ2n) is 9.57. The second-order valence-corrected chi connectivity index (χ2v) is 9.57. The van der Waals surface area contributed by atoms with Crippen LogP contribution >= 0.6 is 0 Å². The summed E-state index contributed by atoms with van der Waals surface area (Å²) in [4.78, 5) is 43.2. The van der Waals surface area contributed by atoms with Gasteiger partial charge in [0.1, 0.15) is 17.7 Å². The standard InChI is InChI=1S/C30H29F2N3O4/c1-18(33)28(37)35(30(39)27(36)21-13-23(31)16-24(32)14-21)26-25(20-11-7-4-8-12-20)15-22(17-34(2)29(26)38)19-9-5-3-6-10-19/h3-16,18,25-27,36H,17,33H2,1-2H3/t18-,25+,26-,27+/m0/s1. The molecular formula is C30H29F2N3O4. The fourth-order valence-corrected chi connectivity index (χ4v) is 4.75. The molecule has 1 aliphatic heterocycles. The van der Waals surface area contributed by atoms with E-state index in [9.17, 15) is 28.3 Å². The lowest BCUT2D eigenvalue weighted by Gasteiger charge is -2.36. The molecule has 9 heteroatoms. The zero-order valence-corrected chi connectivity index (χ0v) is 21.5. The predicted molar refractivity (Wildman–Crippen MR) is 142 cm³/mol. The van der Waals surface area contributed by atoms with Crippen LogP contribution in [0.25, 0.3) is 5.57 Å². The van der Waals surface area contributed by atoms with Crippen molar-refractivity contribution in [2.24, 2.45) is 5.73 Å². The fourth-order valence-electron chi connectivity index (χ4n) is 4.75. The molecule has 0 unspecified atom stereocenters. The summed E-state index contributed by atoms with van der Waals surface area (Å²) in [5.74, 6) is -5.53. The highest BCUT2D eigenvalue weighted by Crippen LogP contribution is 2.35. The number of nitrogens with two attached hydrogens (primary N) is 1. The van der Waals surface area contributed by atoms with Crippen LogP contribution in [0.1, 0.15) is 35.6 Å². The van der Waals surface area contributed by atoms with Crippen molar-refractivity contribution in [3.63, 3.8) is 0 Å². The summed E-state index contributed by atoms with van der Waals surface area (Å²) in [5, 5.41) is 10.9. The van der Waals surface area contributed by atoms with Crippen molar-refractivity contribution in [2.75, 3.05) is 13.6 Å². The highest BCUT2D eigenvalue weighted by molar-refractivity contribution is 6.04. The summed E-state index contributed by atoms with van der Waals surface area (Å²) < 4.78 is 27.8. The number of benzene rings is 3. The molecule has 4 atom stereocenters. The summed E-state index contributed by atoms with van der Waals surface area (Å²) in [5.41, 5.74) is 7.79. The molecule has 0 saturated heterocycles. The normalized spacial score (nSPS) is 19.1. The van der Waals surface area contributed by atoms with Crippen LogP contribution in [0.15, 0.2) is 84.9 Å². The third kappa shape index (κ3) is 5.94. The summed E-state index contributed by atoms with van der Waals surface area (Å²) in [7, 11) is 1.55. The number of carbonyl (C=O) groups excluding carboxylic acids is 3. The summed E-state index contributed by atoms with van der Waals surface area (Å²) in [6.07, 6.45) is -0.298. The largest absolute Gasteiger partial charge is 0.378 e. The number of imide groups is 1. The quantitative estimate of drug-likeness (QED) is 0.506. The second kappa shape index (κ2) is 11.7. The van der Waals surface area contributed by atoms with E-state index in [0.717, 1.165) is 23.3 Å². The van der Waals surface area contributed by atoms with E-state index in [-0.39, 0.29) is 6.54 Å². The number of aliphatic hydroxyl groups is 1. The molecule has 3 amide bonds. The molecule has 3 aromatic carbocycles. The highest BCUT2D eigenvalue weighted by Gasteiger charge is 2.45. The van der Waals surface area contributed by atoms with Gasteiger partial charge in [-0.15, -0.1) is 0 Å². The van der Waals surface area contributed by atoms with Gasteiger partial charge in [0.25, 0.3) is 5.91 Å². The molecule has 0 aromatic heterocycles. The van der Waals surface area contributed by atoms with E-state index in [2.05, 4.69) is 0 Å². The average Bonchev–Trinajstić information content (AvgIpc) is 3.05. The predicted octanol–water partition coefficient (Wildman–Crippen LogP) is 3.41. The lowest BCUT2D eigenvalue weighted by molar-refractivity contribution is -0.160. The molecule has 0 bridgehead atoms. The van der Waals surface area contributed by atoms with Crippen molar-refractivity contribution >= 4 is 23.3 Å². The van der Waals surface area contributed by atoms with E-state index in [1.165, 1.54) is 11.8 Å². The zero-order chi connectivity index (χ0) is 28.3. The summed E-state index contributed by atoms with van der Waals surface area (Å²) in [6.45, 7) is 1.54. The Hall–Kier alpha value is -4.21. The van der Waals surface area contributed by atoms with E-state index in [1.54, 1.807) is 37.4 Å². The third-order valence-electron chi connectivity index (χ3n) is 6.66. The topological polar surface area (TPSA) is 104 Å². The van der Waals surface area contributed by atoms with Gasteiger partial charge in [-0.1, -0.05) is 66.7 Å². The first kappa shape index (κ1) is 27.8. The van der Waals surface area contributed by atoms with Gasteiger partial charge in [-0.3, -0.25) is 19.3 Å². The van der Waals surface area contributed by atoms with E-state index < -0.39 is 59.0 Å². The Labute approximate surface area is 225 Å². The smallest absolute Gasteiger partial charge is 0.263 e. The molecule has 3 aromatic rings. The molecule has 0 fully saturated rings. The Morgan fingerprint density at radius 1 is 0.974 bits per heavy atom. The number of likely N-dealkylation sites (N-methyl/N-ethyl adjacent to an activating group) is 1. The van der Waals surface area contributed by atoms with Gasteiger partial charge in [0.15, 0.2) is 6.10 Å². The number of halogens is 2. The molecule has 1 heterocycles. The fraction of sp³-hybridized carbons (Fsp3) is 0.233. The number of hydrogen-bond donors (Lipinski definition) is 2. The van der Waals surface area contributed by atoms with Crippen LogP contribution in [0.5, 0.6) is 0 Å². The van der Waals surface area contributed by atoms with Crippen LogP contribution < -0.4 is 5.73 Å². The first-order valence-corrected chi connectivity index (χ1v) is 12.4. The molecule has 3 N–H and O–H groups in total. The Balaban J connectivity index is 1.90. The van der Waals surface area contributed by atoms with E-state index in [4.69, 9.17) is 5.73 Å². The van der Waals surface area contributed by atoms with Crippen LogP contribution in [0.4, 0.5) is 8.78 Å². The minimum atomic E-state index is -2.13. The average molecular weight is 534 g/mol. The number of aliphatic hydroxyl groups excluding tert-OH is 1. The maximum absolute atomic E-state index is 14.0. The van der Waals surface area contributed by atoms with E-state index in [1.807, 2.05) is 36.4 Å². The number of carbonyl (C=O) groups is 3. The van der Waals surface area contributed by atoms with Crippen LogP contribution in [0.3, 0.4) is 0 Å². The third-order valence-corrected chi connectivity index (χ3v) is 6.66. The lowest BCUT2D eigenvalue weighted by Crippen LogP contribution is -2.58. The number of amides is 3. The van der Waals surface area contributed by atoms with Crippen LogP contribution in [-0.2, 0) is 14.4 Å². The van der Waals surface area contributed by atoms with Crippen LogP contribution in [0.2, 0.25) is 0 Å². The molecule has 39 heavy (non-hydrogen) atoms. The van der Waals surface area contributed by atoms with Gasteiger partial charge in [0.05, 0.1) is 6.04 Å². The van der Waals surface area contributed by atoms with Gasteiger partial charge in [-0.25, -0.2) is 8.78 Å². The molecule has 1 aliphatic rings. The van der Waals surface area contributed by atoms with Gasteiger partial charge < -0.3 is 15.7 Å². The van der Waals surface area contributed by atoms with Crippen LogP contribution in [0, 0.1) is 11.6 Å². The minimum Gasteiger partial charge on any atom is -0.378 e. The molecule has 0 radical (unpaired) electrons. The molecule has 0 saturated carbocycles. The Bertz CT molecular complexity index is 1380. The molecule has 4 rings (SSSR count). The van der Waals surface area contributed by atoms with Gasteiger partial charge in [-0.2, -0.15) is 0 Å². The van der Waals surface area contributed by atoms with Gasteiger partial charge in [-0.05, 0) is 41.3 Å². The lowest BCUT2D eigenvalue weighted by atomic mass is 9.87. The SMILES string of the molecule is C[C@H](N)C(=O)N(C(=O)[C@H](O)c1cc(F)cc(F)c1)[C@@H]1C(=O)N(C)CC(c2ccccc2)=C[C@@H]1c1ccccc1. The summed E-state index contributed by atoms with van der Waals surface area (Å²) >= 11 is 0. The van der Waals surface area contributed by atoms with Crippen molar-refractivity contribution in [1.29, 1.82) is 0 Å².